The summed E-state index contributed by atoms with van der Waals surface area (Å²) in [5.41, 5.74) is 2.36. The van der Waals surface area contributed by atoms with Crippen molar-refractivity contribution in [3.8, 4) is 0 Å². The van der Waals surface area contributed by atoms with Crippen LogP contribution in [0.2, 0.25) is 10.0 Å². The first-order valence-electron chi connectivity index (χ1n) is 11.5. The third-order valence-electron chi connectivity index (χ3n) is 5.97. The molecule has 3 aromatic rings. The molecule has 0 heterocycles. The summed E-state index contributed by atoms with van der Waals surface area (Å²) in [7, 11) is -2.35. The smallest absolute Gasteiger partial charge is 0.244 e. The highest BCUT2D eigenvalue weighted by atomic mass is 35.5. The predicted octanol–water partition coefficient (Wildman–Crippen LogP) is 4.45. The van der Waals surface area contributed by atoms with E-state index >= 15 is 0 Å². The number of carbonyl (C=O) groups excluding carboxylic acids is 2. The van der Waals surface area contributed by atoms with Gasteiger partial charge in [0, 0.05) is 35.6 Å². The highest BCUT2D eigenvalue weighted by Gasteiger charge is 2.33. The van der Waals surface area contributed by atoms with Crippen LogP contribution in [-0.4, -0.2) is 51.0 Å². The Morgan fingerprint density at radius 2 is 1.51 bits per heavy atom. The van der Waals surface area contributed by atoms with Crippen LogP contribution in [0.5, 0.6) is 0 Å². The fourth-order valence-electron chi connectivity index (χ4n) is 4.01. The first kappa shape index (κ1) is 28.5. The Morgan fingerprint density at radius 3 is 2.08 bits per heavy atom. The van der Waals surface area contributed by atoms with E-state index in [4.69, 9.17) is 23.2 Å². The van der Waals surface area contributed by atoms with Crippen molar-refractivity contribution in [2.24, 2.45) is 0 Å². The van der Waals surface area contributed by atoms with E-state index in [0.717, 1.165) is 16.1 Å². The molecular formula is C27H29Cl2N3O4S. The lowest BCUT2D eigenvalue weighted by Crippen LogP contribution is -2.53. The van der Waals surface area contributed by atoms with Crippen molar-refractivity contribution in [2.45, 2.75) is 25.9 Å². The van der Waals surface area contributed by atoms with Crippen LogP contribution in [0.3, 0.4) is 0 Å². The number of nitrogens with one attached hydrogen (secondary N) is 1. The Balaban J connectivity index is 2.08. The summed E-state index contributed by atoms with van der Waals surface area (Å²) in [5, 5.41) is 3.30. The number of benzene rings is 3. The van der Waals surface area contributed by atoms with Gasteiger partial charge in [-0.1, -0.05) is 77.8 Å². The van der Waals surface area contributed by atoms with Crippen LogP contribution in [-0.2, 0) is 32.6 Å². The number of halogens is 2. The summed E-state index contributed by atoms with van der Waals surface area (Å²) < 4.78 is 26.6. The van der Waals surface area contributed by atoms with E-state index in [0.29, 0.717) is 26.9 Å². The first-order chi connectivity index (χ1) is 17.5. The maximum absolute atomic E-state index is 13.9. The number of para-hydroxylation sites is 1. The van der Waals surface area contributed by atoms with E-state index in [1.54, 1.807) is 49.4 Å². The van der Waals surface area contributed by atoms with Gasteiger partial charge in [0.2, 0.25) is 21.8 Å². The minimum atomic E-state index is -3.84. The molecular weight excluding hydrogens is 533 g/mol. The third-order valence-corrected chi connectivity index (χ3v) is 7.81. The van der Waals surface area contributed by atoms with Gasteiger partial charge in [0.05, 0.1) is 11.9 Å². The fourth-order valence-corrected chi connectivity index (χ4v) is 5.44. The summed E-state index contributed by atoms with van der Waals surface area (Å²) in [6.07, 6.45) is 1.25. The van der Waals surface area contributed by atoms with Crippen molar-refractivity contribution >= 4 is 50.7 Å². The monoisotopic (exact) mass is 561 g/mol. The summed E-state index contributed by atoms with van der Waals surface area (Å²) in [5.74, 6) is -0.976. The van der Waals surface area contributed by atoms with Crippen LogP contribution in [0.25, 0.3) is 0 Å². The van der Waals surface area contributed by atoms with Gasteiger partial charge < -0.3 is 10.2 Å². The van der Waals surface area contributed by atoms with Crippen molar-refractivity contribution in [3.05, 3.63) is 99.5 Å². The quantitative estimate of drug-likeness (QED) is 0.396. The lowest BCUT2D eigenvalue weighted by molar-refractivity contribution is -0.139. The first-order valence-corrected chi connectivity index (χ1v) is 14.1. The molecule has 37 heavy (non-hydrogen) atoms. The molecule has 0 aliphatic carbocycles. The molecule has 0 saturated heterocycles. The predicted molar refractivity (Wildman–Crippen MR) is 148 cm³/mol. The second kappa shape index (κ2) is 12.4. The average Bonchev–Trinajstić information content (AvgIpc) is 2.86. The number of sulfonamides is 1. The summed E-state index contributed by atoms with van der Waals surface area (Å²) in [6, 6.07) is 20.2. The lowest BCUT2D eigenvalue weighted by atomic mass is 10.0. The molecule has 3 aromatic carbocycles. The summed E-state index contributed by atoms with van der Waals surface area (Å²) in [4.78, 5) is 28.4. The number of hydrogen-bond donors (Lipinski definition) is 1. The second-order valence-corrected chi connectivity index (χ2v) is 11.3. The van der Waals surface area contributed by atoms with Gasteiger partial charge >= 0.3 is 0 Å². The zero-order valence-corrected chi connectivity index (χ0v) is 23.1. The second-order valence-electron chi connectivity index (χ2n) is 8.60. The van der Waals surface area contributed by atoms with Gasteiger partial charge in [-0.2, -0.15) is 0 Å². The highest BCUT2D eigenvalue weighted by molar-refractivity contribution is 7.92. The molecule has 2 amide bonds. The molecule has 1 atom stereocenters. The number of likely N-dealkylation sites (N-methyl/N-ethyl adjacent to an activating group) is 1. The molecule has 0 fully saturated rings. The third kappa shape index (κ3) is 7.25. The average molecular weight is 563 g/mol. The zero-order chi connectivity index (χ0) is 27.2. The molecule has 1 N–H and O–H groups in total. The number of rotatable bonds is 10. The van der Waals surface area contributed by atoms with Gasteiger partial charge in [0.25, 0.3) is 0 Å². The van der Waals surface area contributed by atoms with Gasteiger partial charge in [0.15, 0.2) is 0 Å². The standard InChI is InChI=1S/C27H29Cl2N3O4S/c1-19-10-7-8-15-24(19)32(37(3,35)36)18-26(33)31(17-21-22(28)13-9-14-23(21)29)25(27(34)30-2)16-20-11-5-4-6-12-20/h4-15,25H,16-18H2,1-3H3,(H,30,34)/t25-/m1/s1. The van der Waals surface area contributed by atoms with Gasteiger partial charge in [-0.15, -0.1) is 0 Å². The molecule has 0 bridgehead atoms. The number of nitrogens with zero attached hydrogens (tertiary/aromatic N) is 2. The lowest BCUT2D eigenvalue weighted by Gasteiger charge is -2.33. The maximum atomic E-state index is 13.9. The van der Waals surface area contributed by atoms with Crippen molar-refractivity contribution in [1.29, 1.82) is 0 Å². The van der Waals surface area contributed by atoms with E-state index in [2.05, 4.69) is 5.32 Å². The largest absolute Gasteiger partial charge is 0.357 e. The number of carbonyl (C=O) groups is 2. The zero-order valence-electron chi connectivity index (χ0n) is 20.8. The van der Waals surface area contributed by atoms with Crippen LogP contribution in [0, 0.1) is 6.92 Å². The topological polar surface area (TPSA) is 86.8 Å². The van der Waals surface area contributed by atoms with Gasteiger partial charge in [0.1, 0.15) is 12.6 Å². The van der Waals surface area contributed by atoms with E-state index in [9.17, 15) is 18.0 Å². The maximum Gasteiger partial charge on any atom is 0.244 e. The van der Waals surface area contributed by atoms with Crippen LogP contribution in [0.4, 0.5) is 5.69 Å². The highest BCUT2D eigenvalue weighted by Crippen LogP contribution is 2.28. The molecule has 0 radical (unpaired) electrons. The van der Waals surface area contributed by atoms with E-state index in [-0.39, 0.29) is 13.0 Å². The SMILES string of the molecule is CNC(=O)[C@@H](Cc1ccccc1)N(Cc1c(Cl)cccc1Cl)C(=O)CN(c1ccccc1C)S(C)(=O)=O. The number of hydrogen-bond acceptors (Lipinski definition) is 4. The normalized spacial score (nSPS) is 12.0. The van der Waals surface area contributed by atoms with Crippen molar-refractivity contribution in [3.63, 3.8) is 0 Å². The van der Waals surface area contributed by atoms with E-state index < -0.39 is 34.4 Å². The molecule has 196 valence electrons. The molecule has 0 unspecified atom stereocenters. The van der Waals surface area contributed by atoms with Gasteiger partial charge in [-0.25, -0.2) is 8.42 Å². The molecule has 0 aromatic heterocycles. The van der Waals surface area contributed by atoms with E-state index in [1.807, 2.05) is 30.3 Å². The number of anilines is 1. The number of aryl methyl sites for hydroxylation is 1. The Hall–Kier alpha value is -3.07. The Kier molecular flexibility index (Phi) is 9.59. The van der Waals surface area contributed by atoms with Crippen molar-refractivity contribution in [2.75, 3.05) is 24.2 Å². The van der Waals surface area contributed by atoms with Crippen LogP contribution < -0.4 is 9.62 Å². The molecule has 3 rings (SSSR count). The summed E-state index contributed by atoms with van der Waals surface area (Å²) in [6.45, 7) is 1.17. The Labute approximate surface area is 228 Å². The van der Waals surface area contributed by atoms with Gasteiger partial charge in [-0.3, -0.25) is 13.9 Å². The molecule has 0 aliphatic rings. The van der Waals surface area contributed by atoms with E-state index in [1.165, 1.54) is 11.9 Å². The van der Waals surface area contributed by atoms with Crippen LogP contribution >= 0.6 is 23.2 Å². The minimum absolute atomic E-state index is 0.0896. The molecule has 0 spiro atoms. The molecule has 0 aliphatic heterocycles. The van der Waals surface area contributed by atoms with Crippen LogP contribution in [0.1, 0.15) is 16.7 Å². The Morgan fingerprint density at radius 1 is 0.919 bits per heavy atom. The fraction of sp³-hybridized carbons (Fsp3) is 0.259. The summed E-state index contributed by atoms with van der Waals surface area (Å²) >= 11 is 12.8. The molecule has 10 heteroatoms. The van der Waals surface area contributed by atoms with Crippen molar-refractivity contribution in [1.82, 2.24) is 10.2 Å². The molecule has 7 nitrogen and oxygen atoms in total. The van der Waals surface area contributed by atoms with Gasteiger partial charge in [-0.05, 0) is 36.2 Å². The van der Waals surface area contributed by atoms with Crippen molar-refractivity contribution < 1.29 is 18.0 Å². The Bertz CT molecular complexity index is 1350. The van der Waals surface area contributed by atoms with Crippen LogP contribution in [0.15, 0.2) is 72.8 Å². The molecule has 0 saturated carbocycles. The minimum Gasteiger partial charge on any atom is -0.357 e. The number of amides is 2.